The Morgan fingerprint density at radius 3 is 2.60 bits per heavy atom. The van der Waals surface area contributed by atoms with Crippen LogP contribution in [0.25, 0.3) is 0 Å². The molecule has 1 atom stereocenters. The van der Waals surface area contributed by atoms with Crippen molar-refractivity contribution in [2.75, 3.05) is 19.1 Å². The fourth-order valence-corrected chi connectivity index (χ4v) is 2.28. The molecule has 0 fully saturated rings. The van der Waals surface area contributed by atoms with E-state index in [0.29, 0.717) is 0 Å². The highest BCUT2D eigenvalue weighted by molar-refractivity contribution is 5.67. The Balaban J connectivity index is 2.40. The van der Waals surface area contributed by atoms with Gasteiger partial charge in [0.1, 0.15) is 5.75 Å². The number of rotatable bonds is 5. The van der Waals surface area contributed by atoms with Gasteiger partial charge in [0.05, 0.1) is 7.11 Å². The van der Waals surface area contributed by atoms with E-state index in [-0.39, 0.29) is 6.04 Å². The van der Waals surface area contributed by atoms with E-state index in [4.69, 9.17) is 10.5 Å². The molecule has 0 saturated carbocycles. The Morgan fingerprint density at radius 2 is 1.90 bits per heavy atom. The summed E-state index contributed by atoms with van der Waals surface area (Å²) in [6.45, 7) is 2.10. The summed E-state index contributed by atoms with van der Waals surface area (Å²) in [6, 6.07) is 16.4. The van der Waals surface area contributed by atoms with Gasteiger partial charge in [-0.15, -0.1) is 0 Å². The van der Waals surface area contributed by atoms with Crippen LogP contribution in [-0.2, 0) is 0 Å². The summed E-state index contributed by atoms with van der Waals surface area (Å²) in [7, 11) is 3.73. The van der Waals surface area contributed by atoms with Crippen LogP contribution >= 0.6 is 0 Å². The average Bonchev–Trinajstić information content (AvgIpc) is 2.53. The van der Waals surface area contributed by atoms with Gasteiger partial charge in [0.25, 0.3) is 0 Å². The maximum atomic E-state index is 6.22. The molecule has 2 N–H and O–H groups in total. The lowest BCUT2D eigenvalue weighted by Gasteiger charge is -2.25. The summed E-state index contributed by atoms with van der Waals surface area (Å²) in [5.74, 6) is 0.853. The summed E-state index contributed by atoms with van der Waals surface area (Å²) in [4.78, 5) is 2.15. The number of hydrogen-bond donors (Lipinski definition) is 1. The molecule has 0 amide bonds. The topological polar surface area (TPSA) is 38.5 Å². The zero-order valence-electron chi connectivity index (χ0n) is 12.3. The highest BCUT2D eigenvalue weighted by Gasteiger charge is 2.13. The number of nitrogens with two attached hydrogens (primary N) is 1. The predicted octanol–water partition coefficient (Wildman–Crippen LogP) is 3.87. The van der Waals surface area contributed by atoms with E-state index in [1.807, 2.05) is 30.3 Å². The fraction of sp³-hybridized carbons (Fsp3) is 0.294. The maximum Gasteiger partial charge on any atom is 0.120 e. The lowest BCUT2D eigenvalue weighted by atomic mass is 10.0. The Bertz CT molecular complexity index is 568. The molecule has 3 heteroatoms. The second-order valence-electron chi connectivity index (χ2n) is 4.83. The van der Waals surface area contributed by atoms with E-state index >= 15 is 0 Å². The largest absolute Gasteiger partial charge is 0.497 e. The minimum Gasteiger partial charge on any atom is -0.497 e. The molecule has 106 valence electrons. The average molecular weight is 270 g/mol. The van der Waals surface area contributed by atoms with E-state index in [1.54, 1.807) is 7.11 Å². The fourth-order valence-electron chi connectivity index (χ4n) is 2.28. The molecule has 0 aliphatic carbocycles. The number of methoxy groups -OCH3 is 1. The van der Waals surface area contributed by atoms with Crippen LogP contribution in [0.1, 0.15) is 24.9 Å². The second kappa shape index (κ2) is 6.44. The Kier molecular flexibility index (Phi) is 4.64. The van der Waals surface area contributed by atoms with Gasteiger partial charge in [0, 0.05) is 30.5 Å². The molecule has 3 nitrogen and oxygen atoms in total. The van der Waals surface area contributed by atoms with Gasteiger partial charge < -0.3 is 15.4 Å². The number of anilines is 2. The molecule has 0 bridgehead atoms. The summed E-state index contributed by atoms with van der Waals surface area (Å²) in [5.41, 5.74) is 9.60. The van der Waals surface area contributed by atoms with Gasteiger partial charge in [-0.3, -0.25) is 0 Å². The summed E-state index contributed by atoms with van der Waals surface area (Å²) in [6.07, 6.45) is 0.920. The lowest BCUT2D eigenvalue weighted by Crippen LogP contribution is -2.16. The molecular formula is C17H22N2O. The van der Waals surface area contributed by atoms with Gasteiger partial charge in [0.15, 0.2) is 0 Å². The van der Waals surface area contributed by atoms with Gasteiger partial charge in [-0.2, -0.15) is 0 Å². The van der Waals surface area contributed by atoms with Gasteiger partial charge >= 0.3 is 0 Å². The van der Waals surface area contributed by atoms with Gasteiger partial charge in [0.2, 0.25) is 0 Å². The molecule has 2 aromatic rings. The molecule has 0 radical (unpaired) electrons. The lowest BCUT2D eigenvalue weighted by molar-refractivity contribution is 0.415. The van der Waals surface area contributed by atoms with E-state index in [0.717, 1.165) is 23.5 Å². The highest BCUT2D eigenvalue weighted by atomic mass is 16.5. The normalized spacial score (nSPS) is 12.0. The van der Waals surface area contributed by atoms with Crippen molar-refractivity contribution in [1.82, 2.24) is 0 Å². The quantitative estimate of drug-likeness (QED) is 0.896. The van der Waals surface area contributed by atoms with Gasteiger partial charge in [-0.05, 0) is 30.2 Å². The number of para-hydroxylation sites is 1. The van der Waals surface area contributed by atoms with Crippen molar-refractivity contribution in [3.05, 3.63) is 54.1 Å². The minimum atomic E-state index is 0.0549. The van der Waals surface area contributed by atoms with Gasteiger partial charge in [-0.1, -0.05) is 31.2 Å². The number of ether oxygens (including phenoxy) is 1. The monoisotopic (exact) mass is 270 g/mol. The first kappa shape index (κ1) is 14.4. The third-order valence-electron chi connectivity index (χ3n) is 3.58. The van der Waals surface area contributed by atoms with Crippen molar-refractivity contribution in [3.63, 3.8) is 0 Å². The molecule has 0 aromatic heterocycles. The van der Waals surface area contributed by atoms with E-state index in [2.05, 4.69) is 37.1 Å². The molecule has 0 aliphatic rings. The van der Waals surface area contributed by atoms with E-state index < -0.39 is 0 Å². The zero-order valence-corrected chi connectivity index (χ0v) is 12.3. The van der Waals surface area contributed by atoms with Crippen molar-refractivity contribution >= 4 is 11.4 Å². The van der Waals surface area contributed by atoms with Crippen molar-refractivity contribution < 1.29 is 4.74 Å². The van der Waals surface area contributed by atoms with Crippen LogP contribution < -0.4 is 15.4 Å². The molecule has 20 heavy (non-hydrogen) atoms. The Labute approximate surface area is 121 Å². The molecule has 2 rings (SSSR count). The number of nitrogens with zero attached hydrogens (tertiary/aromatic N) is 1. The summed E-state index contributed by atoms with van der Waals surface area (Å²) in [5, 5.41) is 0. The highest BCUT2D eigenvalue weighted by Crippen LogP contribution is 2.32. The molecular weight excluding hydrogens is 248 g/mol. The summed E-state index contributed by atoms with van der Waals surface area (Å²) < 4.78 is 5.29. The van der Waals surface area contributed by atoms with Crippen LogP contribution in [-0.4, -0.2) is 14.2 Å². The van der Waals surface area contributed by atoms with E-state index in [9.17, 15) is 0 Å². The number of hydrogen-bond acceptors (Lipinski definition) is 3. The smallest absolute Gasteiger partial charge is 0.120 e. The Morgan fingerprint density at radius 1 is 1.15 bits per heavy atom. The van der Waals surface area contributed by atoms with Crippen LogP contribution in [0.2, 0.25) is 0 Å². The van der Waals surface area contributed by atoms with Crippen LogP contribution in [0, 0.1) is 0 Å². The third-order valence-corrected chi connectivity index (χ3v) is 3.58. The third kappa shape index (κ3) is 2.94. The van der Waals surface area contributed by atoms with Crippen molar-refractivity contribution in [2.24, 2.45) is 5.73 Å². The second-order valence-corrected chi connectivity index (χ2v) is 4.83. The first-order valence-corrected chi connectivity index (χ1v) is 6.89. The van der Waals surface area contributed by atoms with Crippen molar-refractivity contribution in [1.29, 1.82) is 0 Å². The van der Waals surface area contributed by atoms with Crippen LogP contribution in [0.3, 0.4) is 0 Å². The molecule has 0 unspecified atom stereocenters. The van der Waals surface area contributed by atoms with Gasteiger partial charge in [-0.25, -0.2) is 0 Å². The summed E-state index contributed by atoms with van der Waals surface area (Å²) >= 11 is 0. The minimum absolute atomic E-state index is 0.0549. The van der Waals surface area contributed by atoms with Crippen LogP contribution in [0.5, 0.6) is 5.75 Å². The predicted molar refractivity (Wildman–Crippen MR) is 84.7 cm³/mol. The molecule has 0 saturated heterocycles. The molecule has 0 spiro atoms. The molecule has 0 aliphatic heterocycles. The SMILES string of the molecule is CC[C@H](N)c1ccccc1N(C)c1cccc(OC)c1. The maximum absolute atomic E-state index is 6.22. The Hall–Kier alpha value is -2.00. The van der Waals surface area contributed by atoms with Crippen molar-refractivity contribution in [2.45, 2.75) is 19.4 Å². The number of benzene rings is 2. The first-order valence-electron chi connectivity index (χ1n) is 6.89. The van der Waals surface area contributed by atoms with Crippen molar-refractivity contribution in [3.8, 4) is 5.75 Å². The van der Waals surface area contributed by atoms with Crippen LogP contribution in [0.15, 0.2) is 48.5 Å². The van der Waals surface area contributed by atoms with Crippen LogP contribution in [0.4, 0.5) is 11.4 Å². The zero-order chi connectivity index (χ0) is 14.5. The molecule has 2 aromatic carbocycles. The standard InChI is InChI=1S/C17H22N2O/c1-4-16(18)15-10-5-6-11-17(15)19(2)13-8-7-9-14(12-13)20-3/h5-12,16H,4,18H2,1-3H3/t16-/m0/s1. The molecule has 0 heterocycles. The van der Waals surface area contributed by atoms with E-state index in [1.165, 1.54) is 5.56 Å². The first-order chi connectivity index (χ1) is 9.67.